The van der Waals surface area contributed by atoms with E-state index in [9.17, 15) is 4.79 Å². The second-order valence-electron chi connectivity index (χ2n) is 4.99. The molecular formula is C14H24N2OS. The maximum Gasteiger partial charge on any atom is 0.239 e. The highest BCUT2D eigenvalue weighted by atomic mass is 32.1. The Morgan fingerprint density at radius 2 is 2.17 bits per heavy atom. The first-order valence-electron chi connectivity index (χ1n) is 6.52. The molecule has 3 atom stereocenters. The molecule has 18 heavy (non-hydrogen) atoms. The first-order chi connectivity index (χ1) is 8.47. The lowest BCUT2D eigenvalue weighted by molar-refractivity contribution is -0.134. The van der Waals surface area contributed by atoms with Crippen LogP contribution in [0.3, 0.4) is 0 Å². The minimum absolute atomic E-state index is 0.0495. The molecular weight excluding hydrogens is 244 g/mol. The molecule has 1 heterocycles. The van der Waals surface area contributed by atoms with Gasteiger partial charge in [-0.05, 0) is 24.3 Å². The molecule has 1 aromatic heterocycles. The van der Waals surface area contributed by atoms with Crippen LogP contribution in [0.15, 0.2) is 17.5 Å². The SMILES string of the molecule is CCC(C)C(N)C(=O)N(C)C(C)Cc1cccs1. The van der Waals surface area contributed by atoms with Gasteiger partial charge in [0.25, 0.3) is 0 Å². The van der Waals surface area contributed by atoms with Gasteiger partial charge >= 0.3 is 0 Å². The number of likely N-dealkylation sites (N-methyl/N-ethyl adjacent to an activating group) is 1. The van der Waals surface area contributed by atoms with Crippen molar-refractivity contribution >= 4 is 17.2 Å². The van der Waals surface area contributed by atoms with Crippen molar-refractivity contribution in [2.24, 2.45) is 11.7 Å². The summed E-state index contributed by atoms with van der Waals surface area (Å²) in [7, 11) is 1.85. The summed E-state index contributed by atoms with van der Waals surface area (Å²) in [5.41, 5.74) is 5.99. The lowest BCUT2D eigenvalue weighted by atomic mass is 9.98. The summed E-state index contributed by atoms with van der Waals surface area (Å²) < 4.78 is 0. The average Bonchev–Trinajstić information content (AvgIpc) is 2.87. The van der Waals surface area contributed by atoms with Crippen LogP contribution in [0.25, 0.3) is 0 Å². The molecule has 0 fully saturated rings. The number of nitrogens with two attached hydrogens (primary N) is 1. The highest BCUT2D eigenvalue weighted by Crippen LogP contribution is 2.15. The fourth-order valence-electron chi connectivity index (χ4n) is 1.81. The molecule has 3 unspecified atom stereocenters. The smallest absolute Gasteiger partial charge is 0.239 e. The van der Waals surface area contributed by atoms with Crippen molar-refractivity contribution in [3.63, 3.8) is 0 Å². The second-order valence-corrected chi connectivity index (χ2v) is 6.03. The Morgan fingerprint density at radius 3 is 2.67 bits per heavy atom. The Kier molecular flexibility index (Phi) is 5.82. The van der Waals surface area contributed by atoms with E-state index in [0.717, 1.165) is 12.8 Å². The van der Waals surface area contributed by atoms with Crippen molar-refractivity contribution in [3.8, 4) is 0 Å². The number of thiophene rings is 1. The topological polar surface area (TPSA) is 46.3 Å². The number of carbonyl (C=O) groups excluding carboxylic acids is 1. The normalized spacial score (nSPS) is 16.1. The van der Waals surface area contributed by atoms with Crippen molar-refractivity contribution in [1.82, 2.24) is 4.90 Å². The number of nitrogens with zero attached hydrogens (tertiary/aromatic N) is 1. The van der Waals surface area contributed by atoms with Gasteiger partial charge in [-0.2, -0.15) is 0 Å². The maximum atomic E-state index is 12.2. The van der Waals surface area contributed by atoms with E-state index in [2.05, 4.69) is 25.3 Å². The number of hydrogen-bond acceptors (Lipinski definition) is 3. The first-order valence-corrected chi connectivity index (χ1v) is 7.40. The molecule has 0 radical (unpaired) electrons. The Morgan fingerprint density at radius 1 is 1.50 bits per heavy atom. The van der Waals surface area contributed by atoms with Crippen molar-refractivity contribution in [3.05, 3.63) is 22.4 Å². The molecule has 0 spiro atoms. The predicted molar refractivity (Wildman–Crippen MR) is 77.7 cm³/mol. The zero-order chi connectivity index (χ0) is 13.7. The van der Waals surface area contributed by atoms with Gasteiger partial charge in [0.2, 0.25) is 5.91 Å². The molecule has 1 amide bonds. The first kappa shape index (κ1) is 15.2. The van der Waals surface area contributed by atoms with Gasteiger partial charge in [-0.15, -0.1) is 11.3 Å². The minimum Gasteiger partial charge on any atom is -0.341 e. The Hall–Kier alpha value is -0.870. The van der Waals surface area contributed by atoms with Crippen LogP contribution >= 0.6 is 11.3 Å². The molecule has 0 aromatic carbocycles. The van der Waals surface area contributed by atoms with Crippen molar-refractivity contribution < 1.29 is 4.79 Å². The molecule has 0 saturated carbocycles. The number of amides is 1. The van der Waals surface area contributed by atoms with Crippen LogP contribution in [0.2, 0.25) is 0 Å². The number of hydrogen-bond donors (Lipinski definition) is 1. The maximum absolute atomic E-state index is 12.2. The average molecular weight is 268 g/mol. The molecule has 0 aliphatic heterocycles. The lowest BCUT2D eigenvalue weighted by Crippen LogP contribution is -2.48. The molecule has 3 nitrogen and oxygen atoms in total. The summed E-state index contributed by atoms with van der Waals surface area (Å²) >= 11 is 1.73. The van der Waals surface area contributed by atoms with E-state index in [1.165, 1.54) is 4.88 Å². The predicted octanol–water partition coefficient (Wildman–Crippen LogP) is 2.51. The number of carbonyl (C=O) groups is 1. The fourth-order valence-corrected chi connectivity index (χ4v) is 2.63. The quantitative estimate of drug-likeness (QED) is 0.861. The van der Waals surface area contributed by atoms with Gasteiger partial charge in [0.05, 0.1) is 6.04 Å². The summed E-state index contributed by atoms with van der Waals surface area (Å²) in [5, 5.41) is 2.06. The van der Waals surface area contributed by atoms with Gasteiger partial charge in [-0.1, -0.05) is 26.3 Å². The van der Waals surface area contributed by atoms with E-state index in [4.69, 9.17) is 5.73 Å². The third-order valence-electron chi connectivity index (χ3n) is 3.63. The van der Waals surface area contributed by atoms with Gasteiger partial charge in [0.1, 0.15) is 0 Å². The van der Waals surface area contributed by atoms with Crippen LogP contribution in [0, 0.1) is 5.92 Å². The molecule has 0 saturated heterocycles. The van der Waals surface area contributed by atoms with Crippen LogP contribution in [-0.2, 0) is 11.2 Å². The molecule has 4 heteroatoms. The van der Waals surface area contributed by atoms with Crippen LogP contribution in [0.5, 0.6) is 0 Å². The van der Waals surface area contributed by atoms with Crippen LogP contribution in [0.4, 0.5) is 0 Å². The van der Waals surface area contributed by atoms with Gasteiger partial charge in [0, 0.05) is 24.4 Å². The summed E-state index contributed by atoms with van der Waals surface area (Å²) in [6.07, 6.45) is 1.83. The molecule has 0 aliphatic rings. The van der Waals surface area contributed by atoms with E-state index in [1.807, 2.05) is 20.0 Å². The van der Waals surface area contributed by atoms with E-state index in [0.29, 0.717) is 0 Å². The van der Waals surface area contributed by atoms with Crippen LogP contribution in [-0.4, -0.2) is 29.9 Å². The fraction of sp³-hybridized carbons (Fsp3) is 0.643. The summed E-state index contributed by atoms with van der Waals surface area (Å²) in [4.78, 5) is 15.3. The molecule has 1 rings (SSSR count). The largest absolute Gasteiger partial charge is 0.341 e. The molecule has 2 N–H and O–H groups in total. The summed E-state index contributed by atoms with van der Waals surface area (Å²) in [6, 6.07) is 3.95. The van der Waals surface area contributed by atoms with Crippen molar-refractivity contribution in [2.75, 3.05) is 7.05 Å². The Labute approximate surface area is 114 Å². The molecule has 0 bridgehead atoms. The van der Waals surface area contributed by atoms with Crippen molar-refractivity contribution in [2.45, 2.75) is 45.7 Å². The summed E-state index contributed by atoms with van der Waals surface area (Å²) in [5.74, 6) is 0.280. The van der Waals surface area contributed by atoms with Crippen LogP contribution < -0.4 is 5.73 Å². The minimum atomic E-state index is -0.384. The van der Waals surface area contributed by atoms with Gasteiger partial charge < -0.3 is 10.6 Å². The molecule has 0 aliphatic carbocycles. The molecule has 102 valence electrons. The third kappa shape index (κ3) is 3.82. The van der Waals surface area contributed by atoms with E-state index in [-0.39, 0.29) is 23.9 Å². The van der Waals surface area contributed by atoms with Gasteiger partial charge in [0.15, 0.2) is 0 Å². The lowest BCUT2D eigenvalue weighted by Gasteiger charge is -2.29. The van der Waals surface area contributed by atoms with Crippen LogP contribution in [0.1, 0.15) is 32.1 Å². The highest BCUT2D eigenvalue weighted by Gasteiger charge is 2.25. The highest BCUT2D eigenvalue weighted by molar-refractivity contribution is 7.09. The van der Waals surface area contributed by atoms with Gasteiger partial charge in [-0.3, -0.25) is 4.79 Å². The molecule has 1 aromatic rings. The standard InChI is InChI=1S/C14H24N2OS/c1-5-10(2)13(15)14(17)16(4)11(3)9-12-7-6-8-18-12/h6-8,10-11,13H,5,9,15H2,1-4H3. The number of rotatable bonds is 6. The Balaban J connectivity index is 2.57. The van der Waals surface area contributed by atoms with E-state index in [1.54, 1.807) is 16.2 Å². The third-order valence-corrected chi connectivity index (χ3v) is 4.53. The van der Waals surface area contributed by atoms with E-state index < -0.39 is 0 Å². The van der Waals surface area contributed by atoms with Crippen molar-refractivity contribution in [1.29, 1.82) is 0 Å². The Bertz CT molecular complexity index is 364. The summed E-state index contributed by atoms with van der Waals surface area (Å²) in [6.45, 7) is 6.16. The van der Waals surface area contributed by atoms with Gasteiger partial charge in [-0.25, -0.2) is 0 Å². The van der Waals surface area contributed by atoms with E-state index >= 15 is 0 Å². The zero-order valence-electron chi connectivity index (χ0n) is 11.7. The zero-order valence-corrected chi connectivity index (χ0v) is 12.5. The monoisotopic (exact) mass is 268 g/mol. The second kappa shape index (κ2) is 6.90.